The van der Waals surface area contributed by atoms with Crippen molar-refractivity contribution in [2.45, 2.75) is 144 Å². The zero-order valence-electron chi connectivity index (χ0n) is 53.4. The van der Waals surface area contributed by atoms with Gasteiger partial charge in [0.25, 0.3) is 0 Å². The lowest BCUT2D eigenvalue weighted by Crippen LogP contribution is -2.70. The van der Waals surface area contributed by atoms with E-state index in [2.05, 4.69) is 61.4 Å². The van der Waals surface area contributed by atoms with Crippen LogP contribution in [-0.2, 0) is 49.8 Å². The average molecular weight is 1320 g/mol. The number of hydrogen-bond donors (Lipinski definition) is 16. The average Bonchev–Trinajstić information content (AvgIpc) is 0.958. The molecule has 0 saturated carbocycles. The van der Waals surface area contributed by atoms with Gasteiger partial charge in [0.15, 0.2) is 28.7 Å². The van der Waals surface area contributed by atoms with Crippen LogP contribution in [0, 0.1) is 35.5 Å². The van der Waals surface area contributed by atoms with Gasteiger partial charge in [0, 0.05) is 78.4 Å². The lowest BCUT2D eigenvalue weighted by Gasteiger charge is -2.47. The van der Waals surface area contributed by atoms with Crippen LogP contribution in [0.4, 0.5) is 5.69 Å². The molecule has 17 N–H and O–H groups in total. The highest BCUT2D eigenvalue weighted by molar-refractivity contribution is 6.29. The number of nitrogens with zero attached hydrogens (tertiary/aromatic N) is 1. The third-order valence-corrected chi connectivity index (χ3v) is 20.5. The number of nitrogens with two attached hydrogens (primary N) is 1. The van der Waals surface area contributed by atoms with Crippen molar-refractivity contribution in [2.24, 2.45) is 29.4 Å². The molecule has 7 heterocycles. The molecular formula is C70H85N9O17. The second-order valence-corrected chi connectivity index (χ2v) is 26.7. The zero-order chi connectivity index (χ0) is 67.3. The van der Waals surface area contributed by atoms with Gasteiger partial charge in [-0.2, -0.15) is 0 Å². The Hall–Kier alpha value is -7.24. The van der Waals surface area contributed by atoms with E-state index in [0.717, 1.165) is 22.3 Å². The number of nitrogens with one attached hydrogen (secondary N) is 7. The van der Waals surface area contributed by atoms with Crippen LogP contribution in [0.3, 0.4) is 0 Å². The van der Waals surface area contributed by atoms with Crippen LogP contribution in [0.2, 0.25) is 0 Å². The Morgan fingerprint density at radius 1 is 0.948 bits per heavy atom. The predicted octanol–water partition coefficient (Wildman–Crippen LogP) is -1.12. The molecule has 7 aliphatic heterocycles. The molecule has 9 aliphatic rings. The van der Waals surface area contributed by atoms with Crippen LogP contribution in [0.25, 0.3) is 0 Å². The first-order valence-electron chi connectivity index (χ1n) is 33.1. The van der Waals surface area contributed by atoms with Gasteiger partial charge in [-0.05, 0) is 127 Å². The maximum absolute atomic E-state index is 15.6. The first kappa shape index (κ1) is 67.3. The summed E-state index contributed by atoms with van der Waals surface area (Å²) in [7, 11) is 1.83. The van der Waals surface area contributed by atoms with Gasteiger partial charge in [-0.1, -0.05) is 54.3 Å². The topological polar surface area (TPSA) is 390 Å². The van der Waals surface area contributed by atoms with Crippen molar-refractivity contribution in [3.63, 3.8) is 0 Å². The van der Waals surface area contributed by atoms with E-state index < -0.39 is 153 Å². The van der Waals surface area contributed by atoms with Crippen molar-refractivity contribution in [3.05, 3.63) is 145 Å². The van der Waals surface area contributed by atoms with Gasteiger partial charge in [-0.25, -0.2) is 5.43 Å². The number of hydrogen-bond acceptors (Lipinski definition) is 25. The molecule has 0 aromatic heterocycles. The van der Waals surface area contributed by atoms with E-state index in [1.165, 1.54) is 18.2 Å². The molecule has 18 atom stereocenters. The van der Waals surface area contributed by atoms with Gasteiger partial charge < -0.3 is 95.6 Å². The number of dihydropyridines is 1. The Labute approximate surface area is 554 Å². The largest absolute Gasteiger partial charge is 0.486 e. The third-order valence-electron chi connectivity index (χ3n) is 20.5. The summed E-state index contributed by atoms with van der Waals surface area (Å²) in [6.45, 7) is 0.200. The molecule has 4 aromatic rings. The number of ketones is 2. The molecule has 0 radical (unpaired) electrons. The van der Waals surface area contributed by atoms with E-state index in [1.54, 1.807) is 19.1 Å². The highest BCUT2D eigenvalue weighted by atomic mass is 16.7. The van der Waals surface area contributed by atoms with E-state index in [1.807, 2.05) is 42.3 Å². The van der Waals surface area contributed by atoms with Gasteiger partial charge in [-0.15, -0.1) is 0 Å². The minimum absolute atomic E-state index is 0.0153. The first-order valence-corrected chi connectivity index (χ1v) is 33.1. The fraction of sp³-hybridized carbons (Fsp3) is 0.514. The summed E-state index contributed by atoms with van der Waals surface area (Å²) in [5, 5.41) is 113. The smallest absolute Gasteiger partial charge is 0.242 e. The minimum atomic E-state index is -2.58. The molecule has 18 unspecified atom stereocenters. The van der Waals surface area contributed by atoms with Crippen LogP contribution in [0.15, 0.2) is 84.2 Å². The molecule has 2 aliphatic carbocycles. The number of aldehydes is 1. The summed E-state index contributed by atoms with van der Waals surface area (Å²) in [5.74, 6) is -0.472. The number of benzene rings is 4. The van der Waals surface area contributed by atoms with Crippen LogP contribution >= 0.6 is 0 Å². The van der Waals surface area contributed by atoms with Gasteiger partial charge in [-0.3, -0.25) is 30.8 Å². The molecule has 0 spiro atoms. The molecule has 13 rings (SSSR count). The standard InChI is InChI=1S/C70H85N9O17/c1-34(83)25-75-78-54-23-37(14-17-73-54)50-31-94-64-65(89)70(91)16-13-38(22-41-19-36(26-72-2)21-46-43(41)11-8-39(28-82)56(46)61(50)88)52(85)12-9-40-29-92-32-53(70)95-68(64)96-62-49(55(40)45-5-3-4-6-51(45)79-33-74-58-66(79)76-69(71)77-67(58)90)24-48-57(63(62)93-30-42(84)15-18-80)60(87)47-20-35(27-81)7-10-44(47)59(48)86/h3-7,10,14,18-21,23-24,34,38-40,42,50,52-53,55-56,58,61,64-66,68-69,72-76,78,81-85,88-89,91H,8-9,11-12,15,17,22,25-33,71H2,1-2H3,(H,77,90). The van der Waals surface area contributed by atoms with E-state index in [4.69, 9.17) is 29.4 Å². The summed E-state index contributed by atoms with van der Waals surface area (Å²) in [6, 6.07) is 16.7. The van der Waals surface area contributed by atoms with Crippen molar-refractivity contribution in [2.75, 3.05) is 64.7 Å². The van der Waals surface area contributed by atoms with Crippen molar-refractivity contribution in [1.82, 2.24) is 37.4 Å². The Bertz CT molecular complexity index is 3760. The number of hydrazine groups is 1. The Kier molecular flexibility index (Phi) is 19.9. The molecule has 96 heavy (non-hydrogen) atoms. The lowest BCUT2D eigenvalue weighted by molar-refractivity contribution is -0.310. The van der Waals surface area contributed by atoms with Crippen LogP contribution < -0.4 is 57.5 Å². The van der Waals surface area contributed by atoms with Crippen LogP contribution in [-0.4, -0.2) is 198 Å². The highest BCUT2D eigenvalue weighted by Crippen LogP contribution is 2.53. The second-order valence-electron chi connectivity index (χ2n) is 26.7. The summed E-state index contributed by atoms with van der Waals surface area (Å²) in [5.41, 5.74) is 15.1. The second kappa shape index (κ2) is 28.3. The zero-order valence-corrected chi connectivity index (χ0v) is 53.4. The maximum Gasteiger partial charge on any atom is 0.242 e. The summed E-state index contributed by atoms with van der Waals surface area (Å²) in [4.78, 5) is 58.8. The molecule has 1 amide bonds. The number of para-hydroxylation sites is 1. The van der Waals surface area contributed by atoms with Gasteiger partial charge in [0.1, 0.15) is 55.5 Å². The van der Waals surface area contributed by atoms with Gasteiger partial charge in [0.05, 0.1) is 69.0 Å². The number of aliphatic hydroxyl groups excluding tert-OH is 7. The van der Waals surface area contributed by atoms with Crippen molar-refractivity contribution < 1.29 is 83.7 Å². The highest BCUT2D eigenvalue weighted by Gasteiger charge is 2.58. The lowest BCUT2D eigenvalue weighted by atomic mass is 9.67. The Morgan fingerprint density at radius 2 is 1.78 bits per heavy atom. The molecular weight excluding hydrogens is 1240 g/mol. The number of rotatable bonds is 16. The number of carbonyl (C=O) groups is 4. The normalized spacial score (nSPS) is 32.1. The fourth-order valence-corrected chi connectivity index (χ4v) is 15.7. The predicted molar refractivity (Wildman–Crippen MR) is 345 cm³/mol. The number of ether oxygens (including phenoxy) is 5. The van der Waals surface area contributed by atoms with Crippen LogP contribution in [0.5, 0.6) is 11.5 Å². The Balaban J connectivity index is 1.07. The van der Waals surface area contributed by atoms with E-state index in [-0.39, 0.29) is 97.5 Å². The SMILES string of the molecule is CNCc1cc2c3c(c1)C(C(CO)CC3)C(O)C(C1=CCNC(NNCC(C)O)=C1)COC1C3Oc4c(cc5c(c4OCC(O)CC=O)C(=O)c4cc(CO)ccc4C5=O)C(c4ccccc4N4CNC5C(=O)NC(N)NC54)C4CCC(O)C(C#CC(O)(C(COC4)O3)C1O)C2. The van der Waals surface area contributed by atoms with E-state index in [9.17, 15) is 50.4 Å². The first-order chi connectivity index (χ1) is 46.4. The van der Waals surface area contributed by atoms with E-state index >= 15 is 9.59 Å². The number of aliphatic hydroxyl groups is 8. The molecule has 3 fully saturated rings. The fourth-order valence-electron chi connectivity index (χ4n) is 15.7. The molecule has 26 nitrogen and oxygen atoms in total. The van der Waals surface area contributed by atoms with Crippen molar-refractivity contribution in [3.8, 4) is 23.3 Å². The Morgan fingerprint density at radius 3 is 2.57 bits per heavy atom. The quantitative estimate of drug-likeness (QED) is 0.0316. The van der Waals surface area contributed by atoms with Crippen LogP contribution in [0.1, 0.15) is 115 Å². The summed E-state index contributed by atoms with van der Waals surface area (Å²) in [6.07, 6.45) is -8.70. The third kappa shape index (κ3) is 12.7. The van der Waals surface area contributed by atoms with Crippen molar-refractivity contribution >= 4 is 29.4 Å². The molecule has 10 bridgehead atoms. The van der Waals surface area contributed by atoms with Gasteiger partial charge >= 0.3 is 0 Å². The number of anilines is 1. The molecule has 26 heteroatoms. The van der Waals surface area contributed by atoms with Crippen molar-refractivity contribution in [1.29, 1.82) is 0 Å². The number of carbonyl (C=O) groups excluding carboxylic acids is 4. The van der Waals surface area contributed by atoms with E-state index in [0.29, 0.717) is 53.9 Å². The molecule has 4 aromatic carbocycles. The number of amides is 1. The monoisotopic (exact) mass is 1320 g/mol. The maximum atomic E-state index is 15.6. The summed E-state index contributed by atoms with van der Waals surface area (Å²) >= 11 is 0. The number of allylic oxidation sites excluding steroid dienone is 1. The molecule has 3 saturated heterocycles. The molecule has 512 valence electrons. The number of fused-ring (bicyclic) bond motifs is 11. The minimum Gasteiger partial charge on any atom is -0.486 e. The summed E-state index contributed by atoms with van der Waals surface area (Å²) < 4.78 is 35.0. The van der Waals surface area contributed by atoms with Gasteiger partial charge in [0.2, 0.25) is 12.2 Å².